The summed E-state index contributed by atoms with van der Waals surface area (Å²) in [5.74, 6) is -1.22. The molecule has 1 aliphatic heterocycles. The van der Waals surface area contributed by atoms with Gasteiger partial charge < -0.3 is 19.1 Å². The number of rotatable bonds is 6. The van der Waals surface area contributed by atoms with Crippen molar-refractivity contribution in [1.29, 1.82) is 0 Å². The Bertz CT molecular complexity index is 662. The average molecular weight is 363 g/mol. The Labute approximate surface area is 153 Å². The van der Waals surface area contributed by atoms with Crippen molar-refractivity contribution in [2.24, 2.45) is 5.92 Å². The molecule has 1 aromatic carbocycles. The molecule has 1 unspecified atom stereocenters. The molecule has 1 atom stereocenters. The molecule has 7 nitrogen and oxygen atoms in total. The standard InChI is InChI=1S/C19H25NO6/c1-5-24-15-8-6-14(7-9-15)20-11-13(10-16(20)21)18(23)25-12-17(22)26-19(2,3)4/h6-9,13H,5,10-12H2,1-4H3. The molecule has 1 fully saturated rings. The molecule has 0 aromatic heterocycles. The molecule has 0 spiro atoms. The third-order valence-corrected chi connectivity index (χ3v) is 3.67. The van der Waals surface area contributed by atoms with Crippen molar-refractivity contribution in [3.8, 4) is 5.75 Å². The second-order valence-electron chi connectivity index (χ2n) is 7.03. The summed E-state index contributed by atoms with van der Waals surface area (Å²) in [4.78, 5) is 37.5. The maximum Gasteiger partial charge on any atom is 0.344 e. The second-order valence-corrected chi connectivity index (χ2v) is 7.03. The van der Waals surface area contributed by atoms with Crippen LogP contribution in [0.15, 0.2) is 24.3 Å². The molecular weight excluding hydrogens is 338 g/mol. The van der Waals surface area contributed by atoms with Gasteiger partial charge in [-0.05, 0) is 52.0 Å². The fourth-order valence-electron chi connectivity index (χ4n) is 2.62. The first-order valence-corrected chi connectivity index (χ1v) is 8.61. The van der Waals surface area contributed by atoms with E-state index in [4.69, 9.17) is 14.2 Å². The van der Waals surface area contributed by atoms with E-state index in [1.54, 1.807) is 45.0 Å². The van der Waals surface area contributed by atoms with Gasteiger partial charge in [0.2, 0.25) is 5.91 Å². The summed E-state index contributed by atoms with van der Waals surface area (Å²) in [6, 6.07) is 7.11. The summed E-state index contributed by atoms with van der Waals surface area (Å²) in [6.07, 6.45) is 0.0559. The normalized spacial score (nSPS) is 17.2. The van der Waals surface area contributed by atoms with Crippen LogP contribution in [0, 0.1) is 5.92 Å². The molecule has 1 amide bonds. The SMILES string of the molecule is CCOc1ccc(N2CC(C(=O)OCC(=O)OC(C)(C)C)CC2=O)cc1. The Hall–Kier alpha value is -2.57. The van der Waals surface area contributed by atoms with Gasteiger partial charge in [-0.15, -0.1) is 0 Å². The third-order valence-electron chi connectivity index (χ3n) is 3.67. The molecule has 142 valence electrons. The number of anilines is 1. The van der Waals surface area contributed by atoms with Gasteiger partial charge in [0.25, 0.3) is 0 Å². The second kappa shape index (κ2) is 8.21. The number of hydrogen-bond donors (Lipinski definition) is 0. The lowest BCUT2D eigenvalue weighted by Crippen LogP contribution is -2.30. The summed E-state index contributed by atoms with van der Waals surface area (Å²) in [7, 11) is 0. The fraction of sp³-hybridized carbons (Fsp3) is 0.526. The number of hydrogen-bond acceptors (Lipinski definition) is 6. The molecule has 1 heterocycles. The third kappa shape index (κ3) is 5.47. The lowest BCUT2D eigenvalue weighted by Gasteiger charge is -2.19. The highest BCUT2D eigenvalue weighted by Crippen LogP contribution is 2.27. The molecule has 0 aliphatic carbocycles. The van der Waals surface area contributed by atoms with E-state index < -0.39 is 30.1 Å². The van der Waals surface area contributed by atoms with Gasteiger partial charge in [-0.2, -0.15) is 0 Å². The van der Waals surface area contributed by atoms with Crippen LogP contribution < -0.4 is 9.64 Å². The van der Waals surface area contributed by atoms with E-state index in [1.165, 1.54) is 4.90 Å². The summed E-state index contributed by atoms with van der Waals surface area (Å²) in [5.41, 5.74) is 0.0537. The minimum atomic E-state index is -0.642. The zero-order valence-corrected chi connectivity index (χ0v) is 15.6. The zero-order valence-electron chi connectivity index (χ0n) is 15.6. The van der Waals surface area contributed by atoms with Gasteiger partial charge in [0.1, 0.15) is 11.4 Å². The van der Waals surface area contributed by atoms with Gasteiger partial charge >= 0.3 is 11.9 Å². The minimum Gasteiger partial charge on any atom is -0.494 e. The Morgan fingerprint density at radius 1 is 1.19 bits per heavy atom. The van der Waals surface area contributed by atoms with Crippen molar-refractivity contribution in [1.82, 2.24) is 0 Å². The number of esters is 2. The molecule has 1 aliphatic rings. The number of benzene rings is 1. The predicted molar refractivity (Wildman–Crippen MR) is 94.9 cm³/mol. The smallest absolute Gasteiger partial charge is 0.344 e. The Kier molecular flexibility index (Phi) is 6.23. The van der Waals surface area contributed by atoms with E-state index in [2.05, 4.69) is 0 Å². The maximum atomic E-state index is 12.2. The van der Waals surface area contributed by atoms with Crippen molar-refractivity contribution >= 4 is 23.5 Å². The van der Waals surface area contributed by atoms with Gasteiger partial charge in [-0.3, -0.25) is 9.59 Å². The number of carbonyl (C=O) groups excluding carboxylic acids is 3. The molecule has 2 rings (SSSR count). The summed E-state index contributed by atoms with van der Waals surface area (Å²) in [5, 5.41) is 0. The molecule has 0 bridgehead atoms. The van der Waals surface area contributed by atoms with Gasteiger partial charge in [-0.1, -0.05) is 0 Å². The maximum absolute atomic E-state index is 12.2. The predicted octanol–water partition coefficient (Wildman–Crippen LogP) is 2.32. The van der Waals surface area contributed by atoms with E-state index >= 15 is 0 Å². The molecule has 0 radical (unpaired) electrons. The van der Waals surface area contributed by atoms with Crippen molar-refractivity contribution in [2.45, 2.75) is 39.7 Å². The lowest BCUT2D eigenvalue weighted by molar-refractivity contribution is -0.168. The highest BCUT2D eigenvalue weighted by molar-refractivity contribution is 5.99. The molecule has 7 heteroatoms. The molecule has 26 heavy (non-hydrogen) atoms. The van der Waals surface area contributed by atoms with Crippen molar-refractivity contribution in [3.05, 3.63) is 24.3 Å². The monoisotopic (exact) mass is 363 g/mol. The van der Waals surface area contributed by atoms with Crippen LogP contribution in [0.1, 0.15) is 34.1 Å². The quantitative estimate of drug-likeness (QED) is 0.722. The van der Waals surface area contributed by atoms with Gasteiger partial charge in [0.15, 0.2) is 6.61 Å². The van der Waals surface area contributed by atoms with Gasteiger partial charge in [0.05, 0.1) is 12.5 Å². The lowest BCUT2D eigenvalue weighted by atomic mass is 10.1. The molecule has 0 N–H and O–H groups in total. The molecule has 1 aromatic rings. The van der Waals surface area contributed by atoms with E-state index in [1.807, 2.05) is 6.92 Å². The van der Waals surface area contributed by atoms with Crippen LogP contribution >= 0.6 is 0 Å². The van der Waals surface area contributed by atoms with Crippen LogP contribution in [0.4, 0.5) is 5.69 Å². The Morgan fingerprint density at radius 2 is 1.85 bits per heavy atom. The average Bonchev–Trinajstić information content (AvgIpc) is 2.94. The number of ether oxygens (including phenoxy) is 3. The molecular formula is C19H25NO6. The largest absolute Gasteiger partial charge is 0.494 e. The fourth-order valence-corrected chi connectivity index (χ4v) is 2.62. The van der Waals surface area contributed by atoms with Gasteiger partial charge in [0, 0.05) is 18.7 Å². The van der Waals surface area contributed by atoms with E-state index in [9.17, 15) is 14.4 Å². The van der Waals surface area contributed by atoms with Crippen molar-refractivity contribution in [3.63, 3.8) is 0 Å². The van der Waals surface area contributed by atoms with E-state index in [-0.39, 0.29) is 18.9 Å². The zero-order chi connectivity index (χ0) is 19.3. The van der Waals surface area contributed by atoms with E-state index in [0.29, 0.717) is 12.3 Å². The van der Waals surface area contributed by atoms with Crippen LogP contribution in [0.3, 0.4) is 0 Å². The topological polar surface area (TPSA) is 82.1 Å². The van der Waals surface area contributed by atoms with Crippen LogP contribution in [0.2, 0.25) is 0 Å². The first-order valence-electron chi connectivity index (χ1n) is 8.61. The summed E-state index contributed by atoms with van der Waals surface area (Å²) < 4.78 is 15.5. The molecule has 0 saturated carbocycles. The van der Waals surface area contributed by atoms with E-state index in [0.717, 1.165) is 5.75 Å². The number of carbonyl (C=O) groups is 3. The summed E-state index contributed by atoms with van der Waals surface area (Å²) in [6.45, 7) is 7.42. The highest BCUT2D eigenvalue weighted by atomic mass is 16.6. The van der Waals surface area contributed by atoms with Crippen LogP contribution in [0.25, 0.3) is 0 Å². The number of amides is 1. The van der Waals surface area contributed by atoms with Crippen LogP contribution in [-0.2, 0) is 23.9 Å². The Balaban J connectivity index is 1.90. The first-order chi connectivity index (χ1) is 12.2. The number of nitrogens with zero attached hydrogens (tertiary/aromatic N) is 1. The van der Waals surface area contributed by atoms with Crippen LogP contribution in [0.5, 0.6) is 5.75 Å². The Morgan fingerprint density at radius 3 is 2.42 bits per heavy atom. The highest BCUT2D eigenvalue weighted by Gasteiger charge is 2.36. The van der Waals surface area contributed by atoms with Gasteiger partial charge in [-0.25, -0.2) is 4.79 Å². The van der Waals surface area contributed by atoms with Crippen molar-refractivity contribution in [2.75, 3.05) is 24.7 Å². The summed E-state index contributed by atoms with van der Waals surface area (Å²) >= 11 is 0. The first kappa shape index (κ1) is 19.8. The van der Waals surface area contributed by atoms with Crippen molar-refractivity contribution < 1.29 is 28.6 Å². The minimum absolute atomic E-state index is 0.0559. The van der Waals surface area contributed by atoms with Crippen LogP contribution in [-0.4, -0.2) is 43.2 Å². The molecule has 1 saturated heterocycles.